The third-order valence-corrected chi connectivity index (χ3v) is 3.71. The Morgan fingerprint density at radius 3 is 2.81 bits per heavy atom. The Labute approximate surface area is 133 Å². The molecule has 3 nitrogen and oxygen atoms in total. The lowest BCUT2D eigenvalue weighted by Crippen LogP contribution is -2.18. The highest BCUT2D eigenvalue weighted by Gasteiger charge is 2.08. The second-order valence-corrected chi connectivity index (χ2v) is 5.63. The van der Waals surface area contributed by atoms with Crippen molar-refractivity contribution in [3.63, 3.8) is 0 Å². The van der Waals surface area contributed by atoms with Crippen LogP contribution in [0.3, 0.4) is 0 Å². The summed E-state index contributed by atoms with van der Waals surface area (Å²) in [5.41, 5.74) is 2.27. The molecule has 0 saturated heterocycles. The lowest BCUT2D eigenvalue weighted by molar-refractivity contribution is 0.361. The number of hydrogen-bond acceptors (Lipinski definition) is 3. The highest BCUT2D eigenvalue weighted by molar-refractivity contribution is 9.10. The van der Waals surface area contributed by atoms with Crippen LogP contribution >= 0.6 is 15.9 Å². The summed E-state index contributed by atoms with van der Waals surface area (Å²) in [6.07, 6.45) is 0. The molecule has 0 bridgehead atoms. The summed E-state index contributed by atoms with van der Waals surface area (Å²) in [5.74, 6) is 0.757. The van der Waals surface area contributed by atoms with Crippen LogP contribution in [0.2, 0.25) is 0 Å². The summed E-state index contributed by atoms with van der Waals surface area (Å²) in [4.78, 5) is 0. The van der Waals surface area contributed by atoms with Crippen molar-refractivity contribution >= 4 is 15.9 Å². The number of rotatable bonds is 6. The molecule has 0 aliphatic heterocycles. The van der Waals surface area contributed by atoms with Gasteiger partial charge in [0, 0.05) is 22.6 Å². The van der Waals surface area contributed by atoms with Crippen LogP contribution < -0.4 is 10.1 Å². The molecule has 0 fully saturated rings. The van der Waals surface area contributed by atoms with Crippen molar-refractivity contribution in [1.82, 2.24) is 5.32 Å². The van der Waals surface area contributed by atoms with E-state index >= 15 is 0 Å². The Kier molecular flexibility index (Phi) is 5.79. The smallest absolute Gasteiger partial charge is 0.174 e. The van der Waals surface area contributed by atoms with Gasteiger partial charge >= 0.3 is 0 Å². The van der Waals surface area contributed by atoms with Crippen molar-refractivity contribution in [3.8, 4) is 11.8 Å². The normalized spacial score (nSPS) is 11.7. The molecule has 0 unspecified atom stereocenters. The van der Waals surface area contributed by atoms with Crippen molar-refractivity contribution in [3.05, 3.63) is 64.1 Å². The van der Waals surface area contributed by atoms with E-state index in [2.05, 4.69) is 40.3 Å². The van der Waals surface area contributed by atoms with E-state index in [1.54, 1.807) is 0 Å². The van der Waals surface area contributed by atoms with E-state index in [4.69, 9.17) is 10.00 Å². The zero-order chi connectivity index (χ0) is 15.1. The first kappa shape index (κ1) is 15.6. The summed E-state index contributed by atoms with van der Waals surface area (Å²) >= 11 is 3.49. The van der Waals surface area contributed by atoms with Crippen LogP contribution in [0.5, 0.6) is 5.75 Å². The quantitative estimate of drug-likeness (QED) is 0.853. The summed E-state index contributed by atoms with van der Waals surface area (Å²) in [6, 6.07) is 18.2. The molecule has 108 valence electrons. The molecule has 0 aromatic heterocycles. The molecule has 21 heavy (non-hydrogen) atoms. The van der Waals surface area contributed by atoms with Crippen molar-refractivity contribution in [2.24, 2.45) is 0 Å². The Morgan fingerprint density at radius 2 is 2.05 bits per heavy atom. The fourth-order valence-electron chi connectivity index (χ4n) is 2.06. The molecular formula is C17H17BrN2O. The molecule has 0 heterocycles. The number of para-hydroxylation sites is 1. The number of nitrogens with zero attached hydrogens (tertiary/aromatic N) is 1. The summed E-state index contributed by atoms with van der Waals surface area (Å²) in [5, 5.41) is 12.1. The second kappa shape index (κ2) is 7.82. The molecule has 2 aromatic rings. The molecule has 0 amide bonds. The minimum atomic E-state index is 0.0677. The molecule has 0 radical (unpaired) electrons. The van der Waals surface area contributed by atoms with Crippen LogP contribution in [0.4, 0.5) is 0 Å². The molecule has 4 heteroatoms. The van der Waals surface area contributed by atoms with Gasteiger partial charge in [0.25, 0.3) is 0 Å². The fourth-order valence-corrected chi connectivity index (χ4v) is 2.47. The predicted octanol–water partition coefficient (Wildman–Crippen LogP) is 4.20. The van der Waals surface area contributed by atoms with Crippen LogP contribution in [0.1, 0.15) is 24.1 Å². The van der Waals surface area contributed by atoms with Gasteiger partial charge in [-0.25, -0.2) is 0 Å². The van der Waals surface area contributed by atoms with Crippen molar-refractivity contribution in [1.29, 1.82) is 5.26 Å². The Morgan fingerprint density at radius 1 is 1.24 bits per heavy atom. The minimum absolute atomic E-state index is 0.0677. The largest absolute Gasteiger partial charge is 0.478 e. The molecule has 1 atom stereocenters. The molecule has 0 aliphatic rings. The summed E-state index contributed by atoms with van der Waals surface area (Å²) < 4.78 is 6.51. The fraction of sp³-hybridized carbons (Fsp3) is 0.235. The highest BCUT2D eigenvalue weighted by Crippen LogP contribution is 2.21. The standard InChI is InChI=1S/C17H17BrN2O/c1-13(14-6-4-7-16(18)11-14)20-12-15-5-2-3-8-17(15)21-10-9-19/h2-8,11,13,20H,10,12H2,1H3/t13-/m1/s1. The SMILES string of the molecule is C[C@@H](NCc1ccccc1OCC#N)c1cccc(Br)c1. The predicted molar refractivity (Wildman–Crippen MR) is 86.9 cm³/mol. The van der Waals surface area contributed by atoms with Crippen molar-refractivity contribution < 1.29 is 4.74 Å². The van der Waals surface area contributed by atoms with E-state index in [9.17, 15) is 0 Å². The highest BCUT2D eigenvalue weighted by atomic mass is 79.9. The van der Waals surface area contributed by atoms with Crippen LogP contribution in [0.15, 0.2) is 53.0 Å². The van der Waals surface area contributed by atoms with Crippen molar-refractivity contribution in [2.45, 2.75) is 19.5 Å². The van der Waals surface area contributed by atoms with Crippen LogP contribution in [-0.4, -0.2) is 6.61 Å². The molecule has 0 spiro atoms. The van der Waals surface area contributed by atoms with E-state index in [0.29, 0.717) is 6.54 Å². The molecule has 2 rings (SSSR count). The first-order chi connectivity index (χ1) is 10.2. The average molecular weight is 345 g/mol. The van der Waals surface area contributed by atoms with Gasteiger partial charge in [0.05, 0.1) is 0 Å². The van der Waals surface area contributed by atoms with Gasteiger partial charge in [-0.3, -0.25) is 0 Å². The van der Waals surface area contributed by atoms with Gasteiger partial charge in [0.1, 0.15) is 11.8 Å². The van der Waals surface area contributed by atoms with Gasteiger partial charge in [-0.1, -0.05) is 46.3 Å². The first-order valence-corrected chi connectivity index (χ1v) is 7.56. The Hall–Kier alpha value is -1.83. The minimum Gasteiger partial charge on any atom is -0.478 e. The number of hydrogen-bond donors (Lipinski definition) is 1. The van der Waals surface area contributed by atoms with Crippen LogP contribution in [0, 0.1) is 11.3 Å². The Balaban J connectivity index is 2.01. The van der Waals surface area contributed by atoms with Gasteiger partial charge in [-0.15, -0.1) is 0 Å². The summed E-state index contributed by atoms with van der Waals surface area (Å²) in [7, 11) is 0. The lowest BCUT2D eigenvalue weighted by Gasteiger charge is -2.16. The molecule has 1 N–H and O–H groups in total. The average Bonchev–Trinajstić information content (AvgIpc) is 2.51. The van der Waals surface area contributed by atoms with E-state index in [0.717, 1.165) is 15.8 Å². The molecule has 2 aromatic carbocycles. The van der Waals surface area contributed by atoms with E-state index in [1.165, 1.54) is 5.56 Å². The topological polar surface area (TPSA) is 45.0 Å². The number of nitriles is 1. The molecule has 0 aliphatic carbocycles. The van der Waals surface area contributed by atoms with Crippen LogP contribution in [0.25, 0.3) is 0 Å². The molecule has 0 saturated carbocycles. The van der Waals surface area contributed by atoms with Gasteiger partial charge in [0.2, 0.25) is 0 Å². The van der Waals surface area contributed by atoms with E-state index in [1.807, 2.05) is 42.5 Å². The zero-order valence-corrected chi connectivity index (χ0v) is 13.4. The van der Waals surface area contributed by atoms with Crippen LogP contribution in [-0.2, 0) is 6.54 Å². The Bertz CT molecular complexity index is 637. The summed E-state index contributed by atoms with van der Waals surface area (Å²) in [6.45, 7) is 2.88. The monoisotopic (exact) mass is 344 g/mol. The van der Waals surface area contributed by atoms with Gasteiger partial charge in [0.15, 0.2) is 6.61 Å². The second-order valence-electron chi connectivity index (χ2n) is 4.71. The van der Waals surface area contributed by atoms with E-state index < -0.39 is 0 Å². The maximum absolute atomic E-state index is 8.62. The first-order valence-electron chi connectivity index (χ1n) is 6.77. The van der Waals surface area contributed by atoms with Gasteiger partial charge in [-0.2, -0.15) is 5.26 Å². The van der Waals surface area contributed by atoms with Gasteiger partial charge < -0.3 is 10.1 Å². The third kappa shape index (κ3) is 4.59. The number of ether oxygens (including phenoxy) is 1. The maximum atomic E-state index is 8.62. The van der Waals surface area contributed by atoms with Gasteiger partial charge in [-0.05, 0) is 30.7 Å². The number of halogens is 1. The van der Waals surface area contributed by atoms with Crippen molar-refractivity contribution in [2.75, 3.05) is 6.61 Å². The zero-order valence-electron chi connectivity index (χ0n) is 11.8. The number of benzene rings is 2. The van der Waals surface area contributed by atoms with E-state index in [-0.39, 0.29) is 12.6 Å². The molecular weight excluding hydrogens is 328 g/mol. The third-order valence-electron chi connectivity index (χ3n) is 3.21. The maximum Gasteiger partial charge on any atom is 0.174 e. The lowest BCUT2D eigenvalue weighted by atomic mass is 10.1. The number of nitrogens with one attached hydrogen (secondary N) is 1.